The summed E-state index contributed by atoms with van der Waals surface area (Å²) in [5, 5.41) is 30.8. The van der Waals surface area contributed by atoms with E-state index in [-0.39, 0.29) is 17.5 Å². The second kappa shape index (κ2) is 7.16. The third-order valence-electron chi connectivity index (χ3n) is 6.37. The number of rotatable bonds is 3. The highest BCUT2D eigenvalue weighted by atomic mass is 16.4. The van der Waals surface area contributed by atoms with Gasteiger partial charge in [0.2, 0.25) is 5.91 Å². The molecule has 7 nitrogen and oxygen atoms in total. The average molecular weight is 363 g/mol. The van der Waals surface area contributed by atoms with E-state index in [9.17, 15) is 9.90 Å². The lowest BCUT2D eigenvalue weighted by molar-refractivity contribution is -0.147. The van der Waals surface area contributed by atoms with Crippen LogP contribution in [-0.2, 0) is 9.59 Å². The van der Waals surface area contributed by atoms with Crippen LogP contribution < -0.4 is 5.32 Å². The predicted octanol–water partition coefficient (Wildman–Crippen LogP) is 1.27. The van der Waals surface area contributed by atoms with Crippen LogP contribution in [0.1, 0.15) is 58.3 Å². The van der Waals surface area contributed by atoms with Gasteiger partial charge in [0.05, 0.1) is 18.2 Å². The van der Waals surface area contributed by atoms with E-state index in [0.29, 0.717) is 24.9 Å². The van der Waals surface area contributed by atoms with Gasteiger partial charge in [0, 0.05) is 19.0 Å². The molecule has 4 aliphatic carbocycles. The largest absolute Gasteiger partial charge is 0.481 e. The Morgan fingerprint density at radius 3 is 2.42 bits per heavy atom. The van der Waals surface area contributed by atoms with Gasteiger partial charge in [-0.2, -0.15) is 5.26 Å². The molecule has 1 heterocycles. The smallest absolute Gasteiger partial charge is 0.300 e. The second-order valence-electron chi connectivity index (χ2n) is 8.71. The van der Waals surface area contributed by atoms with Crippen molar-refractivity contribution in [1.29, 1.82) is 5.26 Å². The monoisotopic (exact) mass is 363 g/mol. The van der Waals surface area contributed by atoms with Crippen molar-refractivity contribution in [2.75, 3.05) is 13.1 Å². The summed E-state index contributed by atoms with van der Waals surface area (Å²) in [7, 11) is 0. The number of nitrogens with one attached hydrogen (secondary N) is 1. The van der Waals surface area contributed by atoms with Gasteiger partial charge in [-0.1, -0.05) is 0 Å². The zero-order valence-electron chi connectivity index (χ0n) is 15.4. The molecule has 144 valence electrons. The minimum atomic E-state index is -0.833. The first-order valence-electron chi connectivity index (χ1n) is 9.60. The van der Waals surface area contributed by atoms with E-state index in [2.05, 4.69) is 11.4 Å². The van der Waals surface area contributed by atoms with Crippen molar-refractivity contribution in [3.8, 4) is 6.07 Å². The van der Waals surface area contributed by atoms with Gasteiger partial charge in [-0.15, -0.1) is 0 Å². The number of carbonyl (C=O) groups excluding carboxylic acids is 1. The lowest BCUT2D eigenvalue weighted by Crippen LogP contribution is -2.65. The second-order valence-corrected chi connectivity index (χ2v) is 8.71. The van der Waals surface area contributed by atoms with Crippen molar-refractivity contribution >= 4 is 11.9 Å². The van der Waals surface area contributed by atoms with Crippen LogP contribution >= 0.6 is 0 Å². The van der Waals surface area contributed by atoms with Crippen molar-refractivity contribution in [2.45, 2.75) is 75.5 Å². The molecule has 4 saturated carbocycles. The Labute approximate surface area is 154 Å². The molecule has 4 bridgehead atoms. The van der Waals surface area contributed by atoms with E-state index in [1.807, 2.05) is 0 Å². The Hall–Kier alpha value is -1.65. The molecule has 0 radical (unpaired) electrons. The summed E-state index contributed by atoms with van der Waals surface area (Å²) in [6.45, 7) is 2.11. The summed E-state index contributed by atoms with van der Waals surface area (Å²) in [5.41, 5.74) is -0.542. The Balaban J connectivity index is 0.000000447. The van der Waals surface area contributed by atoms with Gasteiger partial charge in [0.25, 0.3) is 5.97 Å². The SMILES string of the molecule is CC(=O)O.N#C[C@@H]1CCCN1C(=O)CNC12CC3CC(CC(O)(C3)C1)C2. The highest BCUT2D eigenvalue weighted by Crippen LogP contribution is 2.57. The molecule has 0 aromatic heterocycles. The number of carboxylic acids is 1. The molecular formula is C19H29N3O4. The first-order chi connectivity index (χ1) is 12.2. The molecule has 2 unspecified atom stereocenters. The summed E-state index contributed by atoms with van der Waals surface area (Å²) in [6, 6.07) is 1.99. The van der Waals surface area contributed by atoms with E-state index in [0.717, 1.165) is 51.9 Å². The molecular weight excluding hydrogens is 334 g/mol. The fraction of sp³-hybridized carbons (Fsp3) is 0.842. The minimum Gasteiger partial charge on any atom is -0.481 e. The number of amides is 1. The third-order valence-corrected chi connectivity index (χ3v) is 6.37. The first kappa shape index (κ1) is 19.1. The molecule has 5 rings (SSSR count). The Morgan fingerprint density at radius 1 is 1.27 bits per heavy atom. The van der Waals surface area contributed by atoms with Crippen LogP contribution in [0.25, 0.3) is 0 Å². The van der Waals surface area contributed by atoms with Crippen LogP contribution in [-0.4, -0.2) is 57.3 Å². The molecule has 26 heavy (non-hydrogen) atoms. The number of nitriles is 1. The summed E-state index contributed by atoms with van der Waals surface area (Å²) in [4.78, 5) is 23.2. The predicted molar refractivity (Wildman–Crippen MR) is 94.0 cm³/mol. The third kappa shape index (κ3) is 4.02. The number of hydrogen-bond donors (Lipinski definition) is 3. The van der Waals surface area contributed by atoms with E-state index in [1.54, 1.807) is 4.90 Å². The van der Waals surface area contributed by atoms with Gasteiger partial charge in [0.1, 0.15) is 6.04 Å². The summed E-state index contributed by atoms with van der Waals surface area (Å²) in [6.07, 6.45) is 7.87. The molecule has 7 heteroatoms. The quantitative estimate of drug-likeness (QED) is 0.696. The van der Waals surface area contributed by atoms with Crippen LogP contribution in [0.2, 0.25) is 0 Å². The molecule has 0 aromatic carbocycles. The van der Waals surface area contributed by atoms with Crippen LogP contribution in [0.5, 0.6) is 0 Å². The van der Waals surface area contributed by atoms with Crippen molar-refractivity contribution in [3.05, 3.63) is 0 Å². The van der Waals surface area contributed by atoms with Gasteiger partial charge in [-0.25, -0.2) is 0 Å². The maximum absolute atomic E-state index is 12.4. The molecule has 1 saturated heterocycles. The summed E-state index contributed by atoms with van der Waals surface area (Å²) < 4.78 is 0. The molecule has 0 aromatic rings. The maximum Gasteiger partial charge on any atom is 0.300 e. The van der Waals surface area contributed by atoms with Gasteiger partial charge in [0.15, 0.2) is 0 Å². The number of aliphatic hydroxyl groups is 1. The highest BCUT2D eigenvalue weighted by Gasteiger charge is 2.57. The van der Waals surface area contributed by atoms with Crippen molar-refractivity contribution in [1.82, 2.24) is 10.2 Å². The zero-order valence-corrected chi connectivity index (χ0v) is 15.4. The Bertz CT molecular complexity index is 596. The van der Waals surface area contributed by atoms with Crippen LogP contribution in [0, 0.1) is 23.2 Å². The highest BCUT2D eigenvalue weighted by molar-refractivity contribution is 5.79. The van der Waals surface area contributed by atoms with Crippen LogP contribution in [0.3, 0.4) is 0 Å². The van der Waals surface area contributed by atoms with E-state index in [4.69, 9.17) is 15.2 Å². The molecule has 5 fully saturated rings. The van der Waals surface area contributed by atoms with Crippen molar-refractivity contribution < 1.29 is 19.8 Å². The molecule has 3 N–H and O–H groups in total. The maximum atomic E-state index is 12.4. The lowest BCUT2D eigenvalue weighted by atomic mass is 9.51. The number of aliphatic carboxylic acids is 1. The standard InChI is InChI=1S/C17H25N3O2.C2H4O2/c18-9-14-2-1-3-20(14)15(21)10-19-16-5-12-4-13(6-16)8-17(22,7-12)11-16;1-2(3)4/h12-14,19,22H,1-8,10-11H2;1H3,(H,3,4)/t12?,13?,14-,16?,17?;/m0./s1. The van der Waals surface area contributed by atoms with E-state index >= 15 is 0 Å². The van der Waals surface area contributed by atoms with Crippen LogP contribution in [0.4, 0.5) is 0 Å². The van der Waals surface area contributed by atoms with Crippen LogP contribution in [0.15, 0.2) is 0 Å². The van der Waals surface area contributed by atoms with E-state index < -0.39 is 11.6 Å². The molecule has 0 spiro atoms. The number of likely N-dealkylation sites (tertiary alicyclic amines) is 1. The zero-order chi connectivity index (χ0) is 18.9. The topological polar surface area (TPSA) is 114 Å². The first-order valence-corrected chi connectivity index (χ1v) is 9.60. The van der Waals surface area contributed by atoms with Gasteiger partial charge < -0.3 is 20.4 Å². The molecule has 1 aliphatic heterocycles. The average Bonchev–Trinajstić information content (AvgIpc) is 2.98. The fourth-order valence-electron chi connectivity index (χ4n) is 5.99. The number of carbonyl (C=O) groups is 2. The number of nitrogens with zero attached hydrogens (tertiary/aromatic N) is 2. The minimum absolute atomic E-state index is 0.0453. The molecule has 1 amide bonds. The summed E-state index contributed by atoms with van der Waals surface area (Å²) in [5.74, 6) is 0.451. The molecule has 5 aliphatic rings. The summed E-state index contributed by atoms with van der Waals surface area (Å²) >= 11 is 0. The van der Waals surface area contributed by atoms with Crippen molar-refractivity contribution in [2.24, 2.45) is 11.8 Å². The number of carboxylic acid groups (broad SMARTS) is 1. The van der Waals surface area contributed by atoms with Gasteiger partial charge in [-0.05, 0) is 63.2 Å². The van der Waals surface area contributed by atoms with E-state index in [1.165, 1.54) is 6.42 Å². The van der Waals surface area contributed by atoms with Gasteiger partial charge >= 0.3 is 0 Å². The van der Waals surface area contributed by atoms with Crippen molar-refractivity contribution in [3.63, 3.8) is 0 Å². The Morgan fingerprint density at radius 2 is 1.88 bits per heavy atom. The molecule has 3 atom stereocenters. The normalized spacial score (nSPS) is 39.9. The number of hydrogen-bond acceptors (Lipinski definition) is 5. The van der Waals surface area contributed by atoms with Gasteiger partial charge in [-0.3, -0.25) is 9.59 Å². The fourth-order valence-corrected chi connectivity index (χ4v) is 5.99. The Kier molecular flexibility index (Phi) is 5.27. The lowest BCUT2D eigenvalue weighted by Gasteiger charge is -2.60.